The lowest BCUT2D eigenvalue weighted by Gasteiger charge is -2.13. The summed E-state index contributed by atoms with van der Waals surface area (Å²) in [6.07, 6.45) is 0. The van der Waals surface area contributed by atoms with Gasteiger partial charge < -0.3 is 5.11 Å². The van der Waals surface area contributed by atoms with E-state index in [0.717, 1.165) is 5.56 Å². The SMILES string of the molecule is Cc1ccc(S(=O)(=O)Nc2ccc(O)c(C)c2C)cc1. The predicted molar refractivity (Wildman–Crippen MR) is 79.6 cm³/mol. The summed E-state index contributed by atoms with van der Waals surface area (Å²) in [7, 11) is -3.61. The molecule has 0 aliphatic heterocycles. The average Bonchev–Trinajstić information content (AvgIpc) is 2.40. The van der Waals surface area contributed by atoms with Crippen LogP contribution in [0.4, 0.5) is 5.69 Å². The average molecular weight is 291 g/mol. The third-order valence-corrected chi connectivity index (χ3v) is 4.72. The Morgan fingerprint density at radius 2 is 1.50 bits per heavy atom. The van der Waals surface area contributed by atoms with Crippen molar-refractivity contribution in [2.24, 2.45) is 0 Å². The summed E-state index contributed by atoms with van der Waals surface area (Å²) in [5, 5.41) is 9.59. The summed E-state index contributed by atoms with van der Waals surface area (Å²) < 4.78 is 27.1. The first-order valence-electron chi connectivity index (χ1n) is 6.20. The fourth-order valence-corrected chi connectivity index (χ4v) is 2.96. The highest BCUT2D eigenvalue weighted by atomic mass is 32.2. The number of hydrogen-bond acceptors (Lipinski definition) is 3. The molecule has 2 aromatic carbocycles. The van der Waals surface area contributed by atoms with Crippen LogP contribution in [0.1, 0.15) is 16.7 Å². The Morgan fingerprint density at radius 3 is 2.10 bits per heavy atom. The van der Waals surface area contributed by atoms with Crippen molar-refractivity contribution in [2.45, 2.75) is 25.7 Å². The van der Waals surface area contributed by atoms with Crippen LogP contribution in [-0.2, 0) is 10.0 Å². The van der Waals surface area contributed by atoms with Gasteiger partial charge in [0.15, 0.2) is 0 Å². The molecule has 0 aliphatic carbocycles. The number of phenols is 1. The summed E-state index contributed by atoms with van der Waals surface area (Å²) in [4.78, 5) is 0.216. The Kier molecular flexibility index (Phi) is 3.72. The first-order valence-corrected chi connectivity index (χ1v) is 7.68. The molecule has 0 spiro atoms. The second kappa shape index (κ2) is 5.17. The lowest BCUT2D eigenvalue weighted by atomic mass is 10.1. The molecule has 0 aromatic heterocycles. The van der Waals surface area contributed by atoms with Gasteiger partial charge in [-0.3, -0.25) is 4.72 Å². The molecule has 0 heterocycles. The van der Waals surface area contributed by atoms with Crippen molar-refractivity contribution in [1.82, 2.24) is 0 Å². The highest BCUT2D eigenvalue weighted by molar-refractivity contribution is 7.92. The number of rotatable bonds is 3. The molecule has 5 heteroatoms. The maximum atomic E-state index is 12.3. The lowest BCUT2D eigenvalue weighted by Crippen LogP contribution is -2.14. The maximum Gasteiger partial charge on any atom is 0.261 e. The van der Waals surface area contributed by atoms with Gasteiger partial charge in [-0.05, 0) is 56.2 Å². The van der Waals surface area contributed by atoms with Crippen molar-refractivity contribution in [3.05, 3.63) is 53.1 Å². The molecule has 20 heavy (non-hydrogen) atoms. The van der Waals surface area contributed by atoms with Crippen LogP contribution in [0.2, 0.25) is 0 Å². The number of nitrogens with one attached hydrogen (secondary N) is 1. The van der Waals surface area contributed by atoms with E-state index in [0.29, 0.717) is 16.8 Å². The van der Waals surface area contributed by atoms with E-state index in [9.17, 15) is 13.5 Å². The normalized spacial score (nSPS) is 11.3. The zero-order chi connectivity index (χ0) is 14.9. The molecule has 106 valence electrons. The largest absolute Gasteiger partial charge is 0.508 e. The minimum absolute atomic E-state index is 0.154. The number of sulfonamides is 1. The third kappa shape index (κ3) is 2.77. The van der Waals surface area contributed by atoms with Crippen molar-refractivity contribution < 1.29 is 13.5 Å². The van der Waals surface area contributed by atoms with Crippen LogP contribution in [0.15, 0.2) is 41.3 Å². The second-order valence-corrected chi connectivity index (χ2v) is 6.48. The van der Waals surface area contributed by atoms with E-state index in [2.05, 4.69) is 4.72 Å². The van der Waals surface area contributed by atoms with Crippen molar-refractivity contribution in [3.8, 4) is 5.75 Å². The van der Waals surface area contributed by atoms with Gasteiger partial charge in [-0.1, -0.05) is 17.7 Å². The van der Waals surface area contributed by atoms with Crippen molar-refractivity contribution in [2.75, 3.05) is 4.72 Å². The summed E-state index contributed by atoms with van der Waals surface area (Å²) in [5.74, 6) is 0.154. The number of aryl methyl sites for hydroxylation is 1. The number of aromatic hydroxyl groups is 1. The van der Waals surface area contributed by atoms with Gasteiger partial charge in [0.25, 0.3) is 10.0 Å². The topological polar surface area (TPSA) is 66.4 Å². The molecule has 0 fully saturated rings. The summed E-state index contributed by atoms with van der Waals surface area (Å²) >= 11 is 0. The zero-order valence-corrected chi connectivity index (χ0v) is 12.5. The van der Waals surface area contributed by atoms with E-state index in [-0.39, 0.29) is 10.6 Å². The van der Waals surface area contributed by atoms with Gasteiger partial charge in [0, 0.05) is 0 Å². The summed E-state index contributed by atoms with van der Waals surface area (Å²) in [6.45, 7) is 5.41. The fourth-order valence-electron chi connectivity index (χ4n) is 1.84. The third-order valence-electron chi connectivity index (χ3n) is 3.33. The number of anilines is 1. The van der Waals surface area contributed by atoms with Crippen molar-refractivity contribution >= 4 is 15.7 Å². The Bertz CT molecular complexity index is 734. The van der Waals surface area contributed by atoms with E-state index in [1.807, 2.05) is 6.92 Å². The molecule has 0 bridgehead atoms. The summed E-state index contributed by atoms with van der Waals surface area (Å²) in [5.41, 5.74) is 2.84. The molecule has 0 atom stereocenters. The molecule has 0 saturated heterocycles. The quantitative estimate of drug-likeness (QED) is 0.854. The van der Waals surface area contributed by atoms with E-state index >= 15 is 0 Å². The standard InChI is InChI=1S/C15H17NO3S/c1-10-4-6-13(7-5-10)20(18,19)16-14-8-9-15(17)12(3)11(14)2/h4-9,16-17H,1-3H3. The number of benzene rings is 2. The molecule has 2 rings (SSSR count). The molecule has 0 unspecified atom stereocenters. The van der Waals surface area contributed by atoms with Gasteiger partial charge in [0.05, 0.1) is 10.6 Å². The predicted octanol–water partition coefficient (Wildman–Crippen LogP) is 3.12. The zero-order valence-electron chi connectivity index (χ0n) is 11.6. The van der Waals surface area contributed by atoms with Gasteiger partial charge in [0.1, 0.15) is 5.75 Å². The van der Waals surface area contributed by atoms with Crippen molar-refractivity contribution in [3.63, 3.8) is 0 Å². The van der Waals surface area contributed by atoms with E-state index in [4.69, 9.17) is 0 Å². The highest BCUT2D eigenvalue weighted by Gasteiger charge is 2.16. The van der Waals surface area contributed by atoms with Gasteiger partial charge in [0.2, 0.25) is 0 Å². The van der Waals surface area contributed by atoms with E-state index < -0.39 is 10.0 Å². The van der Waals surface area contributed by atoms with Crippen LogP contribution in [0.25, 0.3) is 0 Å². The molecule has 0 aliphatic rings. The minimum Gasteiger partial charge on any atom is -0.508 e. The van der Waals surface area contributed by atoms with E-state index in [1.165, 1.54) is 6.07 Å². The first-order chi connectivity index (χ1) is 9.31. The number of phenolic OH excluding ortho intramolecular Hbond substituents is 1. The van der Waals surface area contributed by atoms with Crippen LogP contribution >= 0.6 is 0 Å². The molecule has 0 saturated carbocycles. The Labute approximate surface area is 119 Å². The molecule has 2 aromatic rings. The Hall–Kier alpha value is -2.01. The molecule has 2 N–H and O–H groups in total. The Morgan fingerprint density at radius 1 is 0.900 bits per heavy atom. The second-order valence-electron chi connectivity index (χ2n) is 4.80. The number of hydrogen-bond donors (Lipinski definition) is 2. The molecular weight excluding hydrogens is 274 g/mol. The molecular formula is C15H17NO3S. The maximum absolute atomic E-state index is 12.3. The van der Waals surface area contributed by atoms with Crippen LogP contribution in [0, 0.1) is 20.8 Å². The fraction of sp³-hybridized carbons (Fsp3) is 0.200. The molecule has 0 radical (unpaired) electrons. The van der Waals surface area contributed by atoms with Crippen LogP contribution in [0.5, 0.6) is 5.75 Å². The van der Waals surface area contributed by atoms with Crippen LogP contribution in [0.3, 0.4) is 0 Å². The monoisotopic (exact) mass is 291 g/mol. The lowest BCUT2D eigenvalue weighted by molar-refractivity contribution is 0.470. The van der Waals surface area contributed by atoms with Crippen molar-refractivity contribution in [1.29, 1.82) is 0 Å². The van der Waals surface area contributed by atoms with Crippen LogP contribution in [-0.4, -0.2) is 13.5 Å². The Balaban J connectivity index is 2.38. The highest BCUT2D eigenvalue weighted by Crippen LogP contribution is 2.28. The van der Waals surface area contributed by atoms with Gasteiger partial charge in [-0.2, -0.15) is 0 Å². The molecule has 4 nitrogen and oxygen atoms in total. The summed E-state index contributed by atoms with van der Waals surface area (Å²) in [6, 6.07) is 9.69. The van der Waals surface area contributed by atoms with Gasteiger partial charge in [-0.25, -0.2) is 8.42 Å². The smallest absolute Gasteiger partial charge is 0.261 e. The van der Waals surface area contributed by atoms with E-state index in [1.54, 1.807) is 44.2 Å². The van der Waals surface area contributed by atoms with Gasteiger partial charge in [-0.15, -0.1) is 0 Å². The minimum atomic E-state index is -3.61. The molecule has 0 amide bonds. The van der Waals surface area contributed by atoms with Gasteiger partial charge >= 0.3 is 0 Å². The first kappa shape index (κ1) is 14.4. The van der Waals surface area contributed by atoms with Crippen LogP contribution < -0.4 is 4.72 Å².